The van der Waals surface area contributed by atoms with Gasteiger partial charge in [-0.1, -0.05) is 0 Å². The molecule has 0 aromatic heterocycles. The molecule has 7 heteroatoms. The maximum atomic E-state index is 11.3. The first-order valence-electron chi connectivity index (χ1n) is 6.10. The summed E-state index contributed by atoms with van der Waals surface area (Å²) in [5.74, 6) is -0.280. The third-order valence-corrected chi connectivity index (χ3v) is 4.16. The lowest BCUT2D eigenvalue weighted by atomic mass is 9.94. The number of primary sulfonamides is 1. The second-order valence-electron chi connectivity index (χ2n) is 5.27. The number of hydrogen-bond acceptors (Lipinski definition) is 5. The Balaban J connectivity index is 2.32. The lowest BCUT2D eigenvalue weighted by Gasteiger charge is -2.48. The third kappa shape index (κ3) is 3.10. The van der Waals surface area contributed by atoms with Gasteiger partial charge in [-0.25, -0.2) is 13.6 Å². The molecule has 0 spiro atoms. The molecule has 0 bridgehead atoms. The molecule has 1 aromatic rings. The highest BCUT2D eigenvalue weighted by Gasteiger charge is 2.39. The van der Waals surface area contributed by atoms with E-state index in [4.69, 9.17) is 15.1 Å². The predicted octanol–water partition coefficient (Wildman–Crippen LogP) is 0.572. The molecule has 1 aromatic carbocycles. The summed E-state index contributed by atoms with van der Waals surface area (Å²) in [7, 11) is -1.99. The van der Waals surface area contributed by atoms with Crippen LogP contribution in [-0.4, -0.2) is 34.2 Å². The number of nitriles is 1. The van der Waals surface area contributed by atoms with Gasteiger partial charge in [0.1, 0.15) is 0 Å². The molecule has 2 N–H and O–H groups in total. The van der Waals surface area contributed by atoms with Crippen molar-refractivity contribution in [3.05, 3.63) is 29.3 Å². The summed E-state index contributed by atoms with van der Waals surface area (Å²) in [5, 5.41) is 14.0. The number of rotatable bonds is 4. The number of sulfonamides is 1. The minimum atomic E-state index is -3.64. The Labute approximate surface area is 118 Å². The lowest BCUT2D eigenvalue weighted by Crippen LogP contribution is -2.61. The van der Waals surface area contributed by atoms with Crippen LogP contribution in [0.4, 0.5) is 5.69 Å². The van der Waals surface area contributed by atoms with E-state index < -0.39 is 10.0 Å². The fraction of sp³-hybridized carbons (Fsp3) is 0.462. The van der Waals surface area contributed by atoms with Crippen molar-refractivity contribution in [2.75, 3.05) is 25.1 Å². The molecule has 1 saturated heterocycles. The van der Waals surface area contributed by atoms with E-state index in [1.807, 2.05) is 17.9 Å². The Morgan fingerprint density at radius 2 is 2.15 bits per heavy atom. The number of anilines is 1. The molecule has 20 heavy (non-hydrogen) atoms. The zero-order valence-electron chi connectivity index (χ0n) is 11.5. The van der Waals surface area contributed by atoms with Crippen molar-refractivity contribution in [3.8, 4) is 6.07 Å². The van der Waals surface area contributed by atoms with Crippen LogP contribution in [-0.2, 0) is 20.5 Å². The van der Waals surface area contributed by atoms with Gasteiger partial charge in [-0.05, 0) is 30.7 Å². The van der Waals surface area contributed by atoms with E-state index in [-0.39, 0.29) is 11.4 Å². The van der Waals surface area contributed by atoms with Crippen molar-refractivity contribution in [2.24, 2.45) is 5.14 Å². The van der Waals surface area contributed by atoms with Gasteiger partial charge >= 0.3 is 0 Å². The van der Waals surface area contributed by atoms with Gasteiger partial charge in [-0.15, -0.1) is 0 Å². The molecule has 1 fully saturated rings. The highest BCUT2D eigenvalue weighted by molar-refractivity contribution is 7.88. The second kappa shape index (κ2) is 5.05. The fourth-order valence-electron chi connectivity index (χ4n) is 2.36. The quantitative estimate of drug-likeness (QED) is 0.876. The normalized spacial score (nSPS) is 17.4. The monoisotopic (exact) mass is 295 g/mol. The fourth-order valence-corrected chi connectivity index (χ4v) is 3.02. The molecule has 0 unspecified atom stereocenters. The molecule has 0 atom stereocenters. The molecule has 0 radical (unpaired) electrons. The van der Waals surface area contributed by atoms with Gasteiger partial charge in [0.05, 0.1) is 23.0 Å². The molecule has 6 nitrogen and oxygen atoms in total. The number of hydrogen-bond donors (Lipinski definition) is 1. The van der Waals surface area contributed by atoms with Crippen LogP contribution in [0.25, 0.3) is 0 Å². The first-order chi connectivity index (χ1) is 9.26. The van der Waals surface area contributed by atoms with Gasteiger partial charge < -0.3 is 9.64 Å². The average Bonchev–Trinajstić information content (AvgIpc) is 2.33. The SMILES string of the molecule is COC1(C)CN(c2ccc(C#N)cc2CS(N)(=O)=O)C1. The van der Waals surface area contributed by atoms with Crippen molar-refractivity contribution in [3.63, 3.8) is 0 Å². The molecular weight excluding hydrogens is 278 g/mol. The number of benzene rings is 1. The summed E-state index contributed by atoms with van der Waals surface area (Å²) < 4.78 is 28.0. The van der Waals surface area contributed by atoms with Gasteiger partial charge in [0.2, 0.25) is 10.0 Å². The van der Waals surface area contributed by atoms with Crippen molar-refractivity contribution >= 4 is 15.7 Å². The standard InChI is InChI=1S/C13H17N3O3S/c1-13(19-2)8-16(9-13)12-4-3-10(6-14)5-11(12)7-20(15,17)18/h3-5H,7-9H2,1-2H3,(H2,15,17,18). The van der Waals surface area contributed by atoms with Crippen LogP contribution in [0.2, 0.25) is 0 Å². The van der Waals surface area contributed by atoms with Crippen LogP contribution in [0.1, 0.15) is 18.1 Å². The van der Waals surface area contributed by atoms with E-state index in [2.05, 4.69) is 0 Å². The van der Waals surface area contributed by atoms with Crippen LogP contribution in [0.15, 0.2) is 18.2 Å². The zero-order valence-corrected chi connectivity index (χ0v) is 12.3. The minimum Gasteiger partial charge on any atom is -0.375 e. The Hall–Kier alpha value is -1.62. The number of nitrogens with zero attached hydrogens (tertiary/aromatic N) is 2. The second-order valence-corrected chi connectivity index (χ2v) is 6.89. The summed E-state index contributed by atoms with van der Waals surface area (Å²) in [6.45, 7) is 3.34. The molecule has 108 valence electrons. The van der Waals surface area contributed by atoms with Crippen molar-refractivity contribution < 1.29 is 13.2 Å². The highest BCUT2D eigenvalue weighted by atomic mass is 32.2. The summed E-state index contributed by atoms with van der Waals surface area (Å²) in [6.07, 6.45) is 0. The average molecular weight is 295 g/mol. The topological polar surface area (TPSA) is 96.4 Å². The molecule has 1 aliphatic heterocycles. The van der Waals surface area contributed by atoms with E-state index in [1.165, 1.54) is 0 Å². The zero-order chi connectivity index (χ0) is 15.0. The first-order valence-corrected chi connectivity index (χ1v) is 7.81. The van der Waals surface area contributed by atoms with Crippen LogP contribution >= 0.6 is 0 Å². The molecule has 0 saturated carbocycles. The first kappa shape index (κ1) is 14.8. The molecule has 0 amide bonds. The maximum Gasteiger partial charge on any atom is 0.213 e. The smallest absolute Gasteiger partial charge is 0.213 e. The lowest BCUT2D eigenvalue weighted by molar-refractivity contribution is -0.0168. The molecule has 1 heterocycles. The minimum absolute atomic E-state index is 0.216. The largest absolute Gasteiger partial charge is 0.375 e. The van der Waals surface area contributed by atoms with Gasteiger partial charge in [0.15, 0.2) is 0 Å². The summed E-state index contributed by atoms with van der Waals surface area (Å²) in [5.41, 5.74) is 1.53. The predicted molar refractivity (Wildman–Crippen MR) is 75.6 cm³/mol. The van der Waals surface area contributed by atoms with Gasteiger partial charge in [-0.2, -0.15) is 5.26 Å². The van der Waals surface area contributed by atoms with Crippen molar-refractivity contribution in [1.29, 1.82) is 5.26 Å². The summed E-state index contributed by atoms with van der Waals surface area (Å²) in [4.78, 5) is 2.02. The van der Waals surface area contributed by atoms with Crippen LogP contribution in [0.5, 0.6) is 0 Å². The third-order valence-electron chi connectivity index (χ3n) is 3.45. The Morgan fingerprint density at radius 3 is 2.65 bits per heavy atom. The molecular formula is C13H17N3O3S. The molecule has 1 aliphatic rings. The molecule has 2 rings (SSSR count). The van der Waals surface area contributed by atoms with E-state index in [1.54, 1.807) is 25.3 Å². The van der Waals surface area contributed by atoms with Crippen LogP contribution < -0.4 is 10.0 Å². The highest BCUT2D eigenvalue weighted by Crippen LogP contribution is 2.33. The van der Waals surface area contributed by atoms with Crippen LogP contribution in [0.3, 0.4) is 0 Å². The van der Waals surface area contributed by atoms with Crippen molar-refractivity contribution in [1.82, 2.24) is 0 Å². The van der Waals surface area contributed by atoms with E-state index in [9.17, 15) is 8.42 Å². The summed E-state index contributed by atoms with van der Waals surface area (Å²) in [6, 6.07) is 7.00. The number of methoxy groups -OCH3 is 1. The van der Waals surface area contributed by atoms with Gasteiger partial charge in [0.25, 0.3) is 0 Å². The van der Waals surface area contributed by atoms with E-state index in [0.717, 1.165) is 5.69 Å². The van der Waals surface area contributed by atoms with Gasteiger partial charge in [0, 0.05) is 25.9 Å². The van der Waals surface area contributed by atoms with Crippen LogP contribution in [0, 0.1) is 11.3 Å². The Kier molecular flexibility index (Phi) is 3.73. The summed E-state index contributed by atoms with van der Waals surface area (Å²) >= 11 is 0. The number of ether oxygens (including phenoxy) is 1. The number of nitrogens with two attached hydrogens (primary N) is 1. The van der Waals surface area contributed by atoms with E-state index in [0.29, 0.717) is 24.2 Å². The van der Waals surface area contributed by atoms with Gasteiger partial charge in [-0.3, -0.25) is 0 Å². The molecule has 0 aliphatic carbocycles. The Bertz CT molecular complexity index is 658. The van der Waals surface area contributed by atoms with E-state index >= 15 is 0 Å². The maximum absolute atomic E-state index is 11.3. The Morgan fingerprint density at radius 1 is 1.50 bits per heavy atom. The van der Waals surface area contributed by atoms with Crippen molar-refractivity contribution in [2.45, 2.75) is 18.3 Å².